The smallest absolute Gasteiger partial charge is 0.152 e. The van der Waals surface area contributed by atoms with Crippen LogP contribution in [0, 0.1) is 0 Å². The van der Waals surface area contributed by atoms with E-state index in [0.717, 1.165) is 0 Å². The molecule has 0 saturated carbocycles. The Kier molecular flexibility index (Phi) is 2.55. The summed E-state index contributed by atoms with van der Waals surface area (Å²) < 4.78 is 0. The Morgan fingerprint density at radius 3 is 2.75 bits per heavy atom. The number of rotatable bonds is 2. The standard InChI is InChI=1S/C12H9NO3/c14-7-8-2-1-5-13-12(8)10-6-9(15)3-4-11(10)16/h1-7,15-16H. The minimum Gasteiger partial charge on any atom is -0.508 e. The lowest BCUT2D eigenvalue weighted by molar-refractivity contribution is 0.112. The number of phenolic OH excluding ortho intramolecular Hbond substituents is 2. The summed E-state index contributed by atoms with van der Waals surface area (Å²) >= 11 is 0. The Bertz CT molecular complexity index is 538. The van der Waals surface area contributed by atoms with Gasteiger partial charge in [0.25, 0.3) is 0 Å². The number of phenols is 2. The van der Waals surface area contributed by atoms with Crippen LogP contribution in [0.1, 0.15) is 10.4 Å². The summed E-state index contributed by atoms with van der Waals surface area (Å²) in [4.78, 5) is 14.8. The minimum absolute atomic E-state index is 0.00954. The number of hydrogen-bond acceptors (Lipinski definition) is 4. The van der Waals surface area contributed by atoms with Gasteiger partial charge in [-0.15, -0.1) is 0 Å². The molecule has 0 unspecified atom stereocenters. The van der Waals surface area contributed by atoms with Crippen LogP contribution in [0.2, 0.25) is 0 Å². The second kappa shape index (κ2) is 4.02. The van der Waals surface area contributed by atoms with Crippen molar-refractivity contribution >= 4 is 6.29 Å². The third-order valence-electron chi connectivity index (χ3n) is 2.20. The first-order chi connectivity index (χ1) is 7.72. The zero-order valence-corrected chi connectivity index (χ0v) is 8.29. The molecule has 2 N–H and O–H groups in total. The summed E-state index contributed by atoms with van der Waals surface area (Å²) in [6.07, 6.45) is 2.18. The van der Waals surface area contributed by atoms with Crippen LogP contribution in [0.3, 0.4) is 0 Å². The van der Waals surface area contributed by atoms with Crippen LogP contribution in [-0.2, 0) is 0 Å². The Balaban J connectivity index is 2.66. The highest BCUT2D eigenvalue weighted by Gasteiger charge is 2.10. The number of nitrogens with zero attached hydrogens (tertiary/aromatic N) is 1. The molecule has 0 radical (unpaired) electrons. The van der Waals surface area contributed by atoms with E-state index >= 15 is 0 Å². The topological polar surface area (TPSA) is 70.4 Å². The third-order valence-corrected chi connectivity index (χ3v) is 2.20. The molecule has 4 heteroatoms. The zero-order valence-electron chi connectivity index (χ0n) is 8.29. The van der Waals surface area contributed by atoms with Gasteiger partial charge in [-0.2, -0.15) is 0 Å². The van der Waals surface area contributed by atoms with Crippen molar-refractivity contribution in [2.24, 2.45) is 0 Å². The number of aromatic nitrogens is 1. The Hall–Kier alpha value is -2.36. The molecule has 0 atom stereocenters. The molecule has 0 bridgehead atoms. The largest absolute Gasteiger partial charge is 0.508 e. The molecule has 0 saturated heterocycles. The van der Waals surface area contributed by atoms with Crippen molar-refractivity contribution in [1.82, 2.24) is 4.98 Å². The summed E-state index contributed by atoms with van der Waals surface area (Å²) in [7, 11) is 0. The molecule has 16 heavy (non-hydrogen) atoms. The van der Waals surface area contributed by atoms with Gasteiger partial charge in [0.1, 0.15) is 11.5 Å². The minimum atomic E-state index is -0.0281. The summed E-state index contributed by atoms with van der Waals surface area (Å²) in [5, 5.41) is 19.0. The lowest BCUT2D eigenvalue weighted by atomic mass is 10.1. The SMILES string of the molecule is O=Cc1cccnc1-c1cc(O)ccc1O. The summed E-state index contributed by atoms with van der Waals surface area (Å²) in [5.74, 6) is -0.0186. The Morgan fingerprint density at radius 1 is 1.19 bits per heavy atom. The maximum Gasteiger partial charge on any atom is 0.152 e. The molecular formula is C12H9NO3. The normalized spacial score (nSPS) is 10.0. The Morgan fingerprint density at radius 2 is 2.00 bits per heavy atom. The summed E-state index contributed by atoms with van der Waals surface area (Å²) in [6.45, 7) is 0. The van der Waals surface area contributed by atoms with Gasteiger partial charge in [-0.1, -0.05) is 0 Å². The van der Waals surface area contributed by atoms with Gasteiger partial charge >= 0.3 is 0 Å². The van der Waals surface area contributed by atoms with Crippen molar-refractivity contribution in [3.05, 3.63) is 42.1 Å². The fraction of sp³-hybridized carbons (Fsp3) is 0. The number of aldehydes is 1. The van der Waals surface area contributed by atoms with Crippen LogP contribution in [0.15, 0.2) is 36.5 Å². The van der Waals surface area contributed by atoms with E-state index in [1.54, 1.807) is 12.1 Å². The van der Waals surface area contributed by atoms with Crippen LogP contribution in [0.5, 0.6) is 11.5 Å². The van der Waals surface area contributed by atoms with E-state index in [2.05, 4.69) is 4.98 Å². The molecule has 1 heterocycles. The van der Waals surface area contributed by atoms with Crippen LogP contribution in [-0.4, -0.2) is 21.5 Å². The first-order valence-corrected chi connectivity index (χ1v) is 4.65. The summed E-state index contributed by atoms with van der Waals surface area (Å²) in [6, 6.07) is 7.31. The van der Waals surface area contributed by atoms with Crippen LogP contribution < -0.4 is 0 Å². The van der Waals surface area contributed by atoms with Crippen molar-refractivity contribution in [3.63, 3.8) is 0 Å². The maximum absolute atomic E-state index is 10.8. The number of carbonyl (C=O) groups excluding carboxylic acids is 1. The van der Waals surface area contributed by atoms with E-state index < -0.39 is 0 Å². The molecule has 0 aliphatic rings. The highest BCUT2D eigenvalue weighted by atomic mass is 16.3. The highest BCUT2D eigenvalue weighted by Crippen LogP contribution is 2.32. The van der Waals surface area contributed by atoms with Crippen molar-refractivity contribution in [1.29, 1.82) is 0 Å². The number of benzene rings is 1. The molecule has 4 nitrogen and oxygen atoms in total. The van der Waals surface area contributed by atoms with Gasteiger partial charge in [0.15, 0.2) is 6.29 Å². The zero-order chi connectivity index (χ0) is 11.5. The molecule has 0 spiro atoms. The molecule has 2 rings (SSSR count). The van der Waals surface area contributed by atoms with E-state index in [0.29, 0.717) is 23.1 Å². The van der Waals surface area contributed by atoms with E-state index in [1.807, 2.05) is 0 Å². The van der Waals surface area contributed by atoms with Gasteiger partial charge < -0.3 is 10.2 Å². The van der Waals surface area contributed by atoms with Gasteiger partial charge in [0.2, 0.25) is 0 Å². The number of aromatic hydroxyl groups is 2. The molecule has 0 aliphatic heterocycles. The van der Waals surface area contributed by atoms with Crippen molar-refractivity contribution in [2.45, 2.75) is 0 Å². The van der Waals surface area contributed by atoms with Crippen LogP contribution in [0.4, 0.5) is 0 Å². The molecule has 80 valence electrons. The van der Waals surface area contributed by atoms with E-state index in [-0.39, 0.29) is 11.5 Å². The molecule has 2 aromatic rings. The predicted octanol–water partition coefficient (Wildman–Crippen LogP) is 1.97. The van der Waals surface area contributed by atoms with Crippen LogP contribution >= 0.6 is 0 Å². The van der Waals surface area contributed by atoms with Gasteiger partial charge in [-0.05, 0) is 30.3 Å². The predicted molar refractivity (Wildman–Crippen MR) is 58.4 cm³/mol. The Labute approximate surface area is 91.8 Å². The summed E-state index contributed by atoms with van der Waals surface area (Å²) in [5.41, 5.74) is 1.05. The number of pyridine rings is 1. The van der Waals surface area contributed by atoms with Crippen molar-refractivity contribution in [3.8, 4) is 22.8 Å². The van der Waals surface area contributed by atoms with Gasteiger partial charge in [0.05, 0.1) is 5.69 Å². The van der Waals surface area contributed by atoms with Gasteiger partial charge in [0, 0.05) is 17.3 Å². The van der Waals surface area contributed by atoms with Crippen LogP contribution in [0.25, 0.3) is 11.3 Å². The fourth-order valence-corrected chi connectivity index (χ4v) is 1.45. The highest BCUT2D eigenvalue weighted by molar-refractivity contribution is 5.87. The monoisotopic (exact) mass is 215 g/mol. The second-order valence-corrected chi connectivity index (χ2v) is 3.26. The molecule has 0 fully saturated rings. The van der Waals surface area contributed by atoms with Crippen molar-refractivity contribution in [2.75, 3.05) is 0 Å². The van der Waals surface area contributed by atoms with Crippen molar-refractivity contribution < 1.29 is 15.0 Å². The fourth-order valence-electron chi connectivity index (χ4n) is 1.45. The first kappa shape index (κ1) is 10.2. The average Bonchev–Trinajstić information content (AvgIpc) is 2.32. The molecule has 0 amide bonds. The molecule has 0 aliphatic carbocycles. The van der Waals surface area contributed by atoms with Gasteiger partial charge in [-0.25, -0.2) is 0 Å². The molecule has 1 aromatic heterocycles. The second-order valence-electron chi connectivity index (χ2n) is 3.26. The van der Waals surface area contributed by atoms with Gasteiger partial charge in [-0.3, -0.25) is 9.78 Å². The van der Waals surface area contributed by atoms with E-state index in [1.165, 1.54) is 24.4 Å². The average molecular weight is 215 g/mol. The maximum atomic E-state index is 10.8. The lowest BCUT2D eigenvalue weighted by Gasteiger charge is -2.06. The molecular weight excluding hydrogens is 206 g/mol. The number of carbonyl (C=O) groups is 1. The molecule has 1 aromatic carbocycles. The van der Waals surface area contributed by atoms with E-state index in [4.69, 9.17) is 0 Å². The first-order valence-electron chi connectivity index (χ1n) is 4.65. The number of hydrogen-bond donors (Lipinski definition) is 2. The van der Waals surface area contributed by atoms with E-state index in [9.17, 15) is 15.0 Å². The third kappa shape index (κ3) is 1.72. The quantitative estimate of drug-likeness (QED) is 0.593. The lowest BCUT2D eigenvalue weighted by Crippen LogP contribution is -1.91.